The van der Waals surface area contributed by atoms with Crippen LogP contribution in [0.1, 0.15) is 12.5 Å². The van der Waals surface area contributed by atoms with Gasteiger partial charge in [-0.1, -0.05) is 30.8 Å². The summed E-state index contributed by atoms with van der Waals surface area (Å²) in [4.78, 5) is 0. The summed E-state index contributed by atoms with van der Waals surface area (Å²) in [7, 11) is 0. The van der Waals surface area contributed by atoms with E-state index in [-0.39, 0.29) is 5.75 Å². The number of hydrogen-bond acceptors (Lipinski definition) is 6. The first-order valence-corrected chi connectivity index (χ1v) is 7.15. The van der Waals surface area contributed by atoms with Crippen molar-refractivity contribution in [2.45, 2.75) is 24.4 Å². The van der Waals surface area contributed by atoms with Crippen molar-refractivity contribution in [3.05, 3.63) is 29.8 Å². The van der Waals surface area contributed by atoms with Gasteiger partial charge < -0.3 is 10.4 Å². The molecule has 2 N–H and O–H groups in total. The van der Waals surface area contributed by atoms with Crippen molar-refractivity contribution in [3.63, 3.8) is 0 Å². The normalized spacial score (nSPS) is 10.8. The number of thioether (sulfide) groups is 1. The van der Waals surface area contributed by atoms with E-state index < -0.39 is 0 Å². The number of phenolic OH excluding ortho intramolecular Hbond substituents is 1. The van der Waals surface area contributed by atoms with E-state index in [2.05, 4.69) is 27.8 Å². The maximum Gasteiger partial charge on any atom is 0.209 e. The van der Waals surface area contributed by atoms with Gasteiger partial charge in [-0.25, -0.2) is 4.68 Å². The summed E-state index contributed by atoms with van der Waals surface area (Å²) in [6.07, 6.45) is 0. The quantitative estimate of drug-likeness (QED) is 0.587. The molecule has 102 valence electrons. The monoisotopic (exact) mass is 279 g/mol. The van der Waals surface area contributed by atoms with Crippen LogP contribution in [-0.2, 0) is 12.3 Å². The van der Waals surface area contributed by atoms with Crippen LogP contribution in [-0.4, -0.2) is 38.4 Å². The molecule has 0 aliphatic carbocycles. The highest BCUT2D eigenvalue weighted by Crippen LogP contribution is 2.21. The smallest absolute Gasteiger partial charge is 0.209 e. The van der Waals surface area contributed by atoms with E-state index in [1.54, 1.807) is 28.6 Å². The lowest BCUT2D eigenvalue weighted by Crippen LogP contribution is -2.20. The third-order valence-electron chi connectivity index (χ3n) is 2.55. The van der Waals surface area contributed by atoms with Crippen LogP contribution in [0.25, 0.3) is 0 Å². The first-order chi connectivity index (χ1) is 9.29. The van der Waals surface area contributed by atoms with Crippen molar-refractivity contribution >= 4 is 11.8 Å². The lowest BCUT2D eigenvalue weighted by Gasteiger charge is -2.04. The fourth-order valence-corrected chi connectivity index (χ4v) is 2.40. The Morgan fingerprint density at radius 2 is 2.11 bits per heavy atom. The second-order valence-corrected chi connectivity index (χ2v) is 4.94. The Kier molecular flexibility index (Phi) is 5.17. The fraction of sp³-hybridized carbons (Fsp3) is 0.417. The molecule has 0 fully saturated rings. The number of likely N-dealkylation sites (N-methyl/N-ethyl adjacent to an activating group) is 1. The molecule has 0 radical (unpaired) electrons. The van der Waals surface area contributed by atoms with Gasteiger partial charge in [0.1, 0.15) is 5.75 Å². The van der Waals surface area contributed by atoms with E-state index in [9.17, 15) is 5.11 Å². The first kappa shape index (κ1) is 13.8. The molecule has 0 unspecified atom stereocenters. The molecule has 0 aliphatic rings. The van der Waals surface area contributed by atoms with Gasteiger partial charge in [-0.2, -0.15) is 0 Å². The third-order valence-corrected chi connectivity index (χ3v) is 3.58. The standard InChI is InChI=1S/C12H17N5OS/c1-2-13-7-8-17-12(14-15-16-17)19-9-10-3-5-11(18)6-4-10/h3-6,13,18H,2,7-9H2,1H3. The molecule has 2 aromatic rings. The number of nitrogens with zero attached hydrogens (tertiary/aromatic N) is 4. The van der Waals surface area contributed by atoms with Gasteiger partial charge in [0.05, 0.1) is 6.54 Å². The average molecular weight is 279 g/mol. The maximum absolute atomic E-state index is 9.22. The second kappa shape index (κ2) is 7.10. The van der Waals surface area contributed by atoms with Gasteiger partial charge in [-0.15, -0.1) is 5.10 Å². The molecular weight excluding hydrogens is 262 g/mol. The van der Waals surface area contributed by atoms with Crippen molar-refractivity contribution in [1.82, 2.24) is 25.5 Å². The number of aromatic nitrogens is 4. The summed E-state index contributed by atoms with van der Waals surface area (Å²) in [5.41, 5.74) is 1.13. The van der Waals surface area contributed by atoms with Crippen LogP contribution in [0.15, 0.2) is 29.4 Å². The summed E-state index contributed by atoms with van der Waals surface area (Å²) >= 11 is 1.59. The molecule has 1 aromatic carbocycles. The largest absolute Gasteiger partial charge is 0.508 e. The number of rotatable bonds is 7. The highest BCUT2D eigenvalue weighted by Gasteiger charge is 2.06. The highest BCUT2D eigenvalue weighted by atomic mass is 32.2. The van der Waals surface area contributed by atoms with Gasteiger partial charge in [0.25, 0.3) is 0 Å². The molecule has 7 heteroatoms. The van der Waals surface area contributed by atoms with Gasteiger partial charge in [-0.3, -0.25) is 0 Å². The topological polar surface area (TPSA) is 75.9 Å². The SMILES string of the molecule is CCNCCn1nnnc1SCc1ccc(O)cc1. The number of nitrogens with one attached hydrogen (secondary N) is 1. The zero-order valence-electron chi connectivity index (χ0n) is 10.8. The minimum absolute atomic E-state index is 0.282. The summed E-state index contributed by atoms with van der Waals surface area (Å²) in [6, 6.07) is 7.16. The predicted molar refractivity (Wildman–Crippen MR) is 74.0 cm³/mol. The molecule has 0 amide bonds. The van der Waals surface area contributed by atoms with Crippen molar-refractivity contribution in [2.24, 2.45) is 0 Å². The molecule has 1 heterocycles. The van der Waals surface area contributed by atoms with Crippen LogP contribution in [0.5, 0.6) is 5.75 Å². The van der Waals surface area contributed by atoms with Gasteiger partial charge in [0, 0.05) is 12.3 Å². The van der Waals surface area contributed by atoms with Gasteiger partial charge in [-0.05, 0) is 34.7 Å². The van der Waals surface area contributed by atoms with Crippen LogP contribution in [0.4, 0.5) is 0 Å². The highest BCUT2D eigenvalue weighted by molar-refractivity contribution is 7.98. The Bertz CT molecular complexity index is 499. The lowest BCUT2D eigenvalue weighted by molar-refractivity contribution is 0.475. The van der Waals surface area contributed by atoms with Crippen LogP contribution >= 0.6 is 11.8 Å². The van der Waals surface area contributed by atoms with E-state index in [4.69, 9.17) is 0 Å². The van der Waals surface area contributed by atoms with Crippen LogP contribution < -0.4 is 5.32 Å². The maximum atomic E-state index is 9.22. The predicted octanol–water partition coefficient (Wildman–Crippen LogP) is 1.28. The zero-order valence-corrected chi connectivity index (χ0v) is 11.6. The molecule has 0 aliphatic heterocycles. The number of phenols is 1. The summed E-state index contributed by atoms with van der Waals surface area (Å²) < 4.78 is 1.80. The van der Waals surface area contributed by atoms with E-state index in [0.29, 0.717) is 0 Å². The van der Waals surface area contributed by atoms with Gasteiger partial charge in [0.15, 0.2) is 0 Å². The fourth-order valence-electron chi connectivity index (χ4n) is 1.54. The molecule has 6 nitrogen and oxygen atoms in total. The van der Waals surface area contributed by atoms with Crippen LogP contribution in [0, 0.1) is 0 Å². The minimum atomic E-state index is 0.282. The Morgan fingerprint density at radius 3 is 2.84 bits per heavy atom. The molecule has 2 rings (SSSR count). The Labute approximate surface area is 116 Å². The zero-order chi connectivity index (χ0) is 13.5. The number of benzene rings is 1. The van der Waals surface area contributed by atoms with E-state index in [1.165, 1.54) is 0 Å². The van der Waals surface area contributed by atoms with Crippen molar-refractivity contribution in [3.8, 4) is 5.75 Å². The third kappa shape index (κ3) is 4.22. The van der Waals surface area contributed by atoms with Gasteiger partial charge >= 0.3 is 0 Å². The summed E-state index contributed by atoms with van der Waals surface area (Å²) in [6.45, 7) is 4.63. The molecule has 1 aromatic heterocycles. The Hall–Kier alpha value is -1.60. The van der Waals surface area contributed by atoms with Crippen molar-refractivity contribution in [1.29, 1.82) is 0 Å². The van der Waals surface area contributed by atoms with Crippen molar-refractivity contribution in [2.75, 3.05) is 13.1 Å². The minimum Gasteiger partial charge on any atom is -0.508 e. The Morgan fingerprint density at radius 1 is 1.32 bits per heavy atom. The molecule has 0 bridgehead atoms. The van der Waals surface area contributed by atoms with E-state index in [0.717, 1.165) is 36.1 Å². The summed E-state index contributed by atoms with van der Waals surface area (Å²) in [5, 5.41) is 25.0. The second-order valence-electron chi connectivity index (χ2n) is 3.99. The lowest BCUT2D eigenvalue weighted by atomic mass is 10.2. The summed E-state index contributed by atoms with van der Waals surface area (Å²) in [5.74, 6) is 1.06. The van der Waals surface area contributed by atoms with E-state index in [1.807, 2.05) is 12.1 Å². The molecular formula is C12H17N5OS. The van der Waals surface area contributed by atoms with E-state index >= 15 is 0 Å². The molecule has 0 saturated heterocycles. The van der Waals surface area contributed by atoms with Crippen LogP contribution in [0.2, 0.25) is 0 Å². The number of tetrazole rings is 1. The molecule has 0 saturated carbocycles. The number of aromatic hydroxyl groups is 1. The molecule has 0 atom stereocenters. The van der Waals surface area contributed by atoms with Gasteiger partial charge in [0.2, 0.25) is 5.16 Å². The molecule has 0 spiro atoms. The first-order valence-electron chi connectivity index (χ1n) is 6.17. The number of hydrogen-bond donors (Lipinski definition) is 2. The molecule has 19 heavy (non-hydrogen) atoms. The van der Waals surface area contributed by atoms with Crippen LogP contribution in [0.3, 0.4) is 0 Å². The Balaban J connectivity index is 1.88. The average Bonchev–Trinajstić information content (AvgIpc) is 2.86. The van der Waals surface area contributed by atoms with Crippen molar-refractivity contribution < 1.29 is 5.11 Å².